The Morgan fingerprint density at radius 1 is 1.20 bits per heavy atom. The Kier molecular flexibility index (Phi) is 5.35. The van der Waals surface area contributed by atoms with Crippen LogP contribution in [0.2, 0.25) is 0 Å². The molecule has 1 N–H and O–H groups in total. The molecule has 2 heterocycles. The molecule has 154 valence electrons. The summed E-state index contributed by atoms with van der Waals surface area (Å²) in [7, 11) is 0. The monoisotopic (exact) mass is 406 g/mol. The van der Waals surface area contributed by atoms with Gasteiger partial charge in [-0.1, -0.05) is 18.2 Å². The molecule has 0 radical (unpaired) electrons. The zero-order valence-electron chi connectivity index (χ0n) is 17.1. The molecule has 0 bridgehead atoms. The molecule has 1 unspecified atom stereocenters. The Morgan fingerprint density at radius 2 is 2.00 bits per heavy atom. The molecule has 4 rings (SSSR count). The standard InChI is InChI=1S/C23H23FN4O2/c1-14-10-16(3)28(27-14)13-15(2)25-23(29)18-8-9-20-21(11-18)30-22(26-20)12-17-6-4-5-7-19(17)24/h4-11,15H,12-13H2,1-3H3,(H,25,29). The summed E-state index contributed by atoms with van der Waals surface area (Å²) in [6.07, 6.45) is 0.253. The van der Waals surface area contributed by atoms with Crippen molar-refractivity contribution in [2.75, 3.05) is 0 Å². The summed E-state index contributed by atoms with van der Waals surface area (Å²) in [6, 6.07) is 13.6. The van der Waals surface area contributed by atoms with Gasteiger partial charge < -0.3 is 9.73 Å². The average Bonchev–Trinajstić information content (AvgIpc) is 3.24. The normalized spacial score (nSPS) is 12.3. The quantitative estimate of drug-likeness (QED) is 0.521. The number of amides is 1. The van der Waals surface area contributed by atoms with Crippen molar-refractivity contribution in [2.45, 2.75) is 39.8 Å². The Bertz CT molecular complexity index is 1210. The predicted molar refractivity (Wildman–Crippen MR) is 112 cm³/mol. The number of nitrogens with one attached hydrogen (secondary N) is 1. The van der Waals surface area contributed by atoms with Gasteiger partial charge in [0.05, 0.1) is 18.7 Å². The number of nitrogens with zero attached hydrogens (tertiary/aromatic N) is 3. The smallest absolute Gasteiger partial charge is 0.251 e. The maximum atomic E-state index is 13.9. The van der Waals surface area contributed by atoms with Gasteiger partial charge in [-0.25, -0.2) is 9.37 Å². The third-order valence-corrected chi connectivity index (χ3v) is 4.92. The lowest BCUT2D eigenvalue weighted by atomic mass is 10.1. The maximum absolute atomic E-state index is 13.9. The summed E-state index contributed by atoms with van der Waals surface area (Å²) in [4.78, 5) is 17.1. The number of carbonyl (C=O) groups is 1. The Balaban J connectivity index is 1.46. The lowest BCUT2D eigenvalue weighted by Crippen LogP contribution is -2.36. The van der Waals surface area contributed by atoms with Gasteiger partial charge >= 0.3 is 0 Å². The second-order valence-electron chi connectivity index (χ2n) is 7.54. The molecule has 0 aliphatic heterocycles. The van der Waals surface area contributed by atoms with Crippen molar-refractivity contribution >= 4 is 17.0 Å². The van der Waals surface area contributed by atoms with Gasteiger partial charge in [0.1, 0.15) is 11.3 Å². The van der Waals surface area contributed by atoms with E-state index in [4.69, 9.17) is 4.42 Å². The van der Waals surface area contributed by atoms with Crippen LogP contribution in [0.1, 0.15) is 40.1 Å². The molecule has 2 aromatic carbocycles. The van der Waals surface area contributed by atoms with Crippen molar-refractivity contribution in [1.29, 1.82) is 0 Å². The van der Waals surface area contributed by atoms with E-state index in [1.54, 1.807) is 36.4 Å². The van der Waals surface area contributed by atoms with Gasteiger partial charge in [-0.05, 0) is 56.7 Å². The minimum atomic E-state index is -0.295. The van der Waals surface area contributed by atoms with Gasteiger partial charge in [-0.3, -0.25) is 9.48 Å². The Morgan fingerprint density at radius 3 is 2.73 bits per heavy atom. The molecule has 0 fully saturated rings. The maximum Gasteiger partial charge on any atom is 0.251 e. The summed E-state index contributed by atoms with van der Waals surface area (Å²) in [6.45, 7) is 6.46. The van der Waals surface area contributed by atoms with Gasteiger partial charge in [-0.15, -0.1) is 0 Å². The van der Waals surface area contributed by atoms with Crippen LogP contribution in [0, 0.1) is 19.7 Å². The van der Waals surface area contributed by atoms with Gasteiger partial charge in [0.15, 0.2) is 11.5 Å². The molecule has 0 saturated carbocycles. The van der Waals surface area contributed by atoms with E-state index in [0.717, 1.165) is 11.4 Å². The summed E-state index contributed by atoms with van der Waals surface area (Å²) in [5.74, 6) is -0.0834. The lowest BCUT2D eigenvalue weighted by Gasteiger charge is -2.15. The van der Waals surface area contributed by atoms with Crippen LogP contribution in [0.15, 0.2) is 52.9 Å². The number of fused-ring (bicyclic) bond motifs is 1. The number of carbonyl (C=O) groups excluding carboxylic acids is 1. The SMILES string of the molecule is Cc1cc(C)n(CC(C)NC(=O)c2ccc3nc(Cc4ccccc4F)oc3c2)n1. The first-order valence-electron chi connectivity index (χ1n) is 9.84. The van der Waals surface area contributed by atoms with Crippen LogP contribution in [0.5, 0.6) is 0 Å². The highest BCUT2D eigenvalue weighted by Crippen LogP contribution is 2.20. The number of aryl methyl sites for hydroxylation is 2. The van der Waals surface area contributed by atoms with Crippen molar-refractivity contribution in [1.82, 2.24) is 20.1 Å². The topological polar surface area (TPSA) is 73.0 Å². The molecule has 0 aliphatic carbocycles. The Labute approximate surface area is 173 Å². The molecular formula is C23H23FN4O2. The third-order valence-electron chi connectivity index (χ3n) is 4.92. The molecule has 6 nitrogen and oxygen atoms in total. The van der Waals surface area contributed by atoms with Crippen LogP contribution in [0.3, 0.4) is 0 Å². The highest BCUT2D eigenvalue weighted by Gasteiger charge is 2.15. The van der Waals surface area contributed by atoms with Crippen molar-refractivity contribution in [2.24, 2.45) is 0 Å². The zero-order chi connectivity index (χ0) is 21.3. The van der Waals surface area contributed by atoms with Crippen molar-refractivity contribution in [3.05, 3.63) is 82.8 Å². The Hall–Kier alpha value is -3.48. The van der Waals surface area contributed by atoms with Crippen LogP contribution >= 0.6 is 0 Å². The highest BCUT2D eigenvalue weighted by molar-refractivity contribution is 5.97. The number of halogens is 1. The number of oxazole rings is 1. The summed E-state index contributed by atoms with van der Waals surface area (Å²) in [5, 5.41) is 7.42. The van der Waals surface area contributed by atoms with E-state index in [2.05, 4.69) is 15.4 Å². The second-order valence-corrected chi connectivity index (χ2v) is 7.54. The molecule has 1 atom stereocenters. The summed E-state index contributed by atoms with van der Waals surface area (Å²) >= 11 is 0. The fourth-order valence-corrected chi connectivity index (χ4v) is 3.47. The van der Waals surface area contributed by atoms with Crippen LogP contribution < -0.4 is 5.32 Å². The molecule has 1 amide bonds. The molecule has 4 aromatic rings. The van der Waals surface area contributed by atoms with Crippen molar-refractivity contribution < 1.29 is 13.6 Å². The first kappa shape index (κ1) is 19.8. The summed E-state index contributed by atoms with van der Waals surface area (Å²) < 4.78 is 21.5. The predicted octanol–water partition coefficient (Wildman–Crippen LogP) is 4.19. The molecule has 0 aliphatic rings. The van der Waals surface area contributed by atoms with Crippen LogP contribution in [0.4, 0.5) is 4.39 Å². The van der Waals surface area contributed by atoms with Crippen LogP contribution in [0.25, 0.3) is 11.1 Å². The molecular weight excluding hydrogens is 383 g/mol. The number of aromatic nitrogens is 3. The number of rotatable bonds is 6. The van der Waals surface area contributed by atoms with E-state index in [9.17, 15) is 9.18 Å². The summed E-state index contributed by atoms with van der Waals surface area (Å²) in [5.41, 5.74) is 4.14. The van der Waals surface area contributed by atoms with E-state index >= 15 is 0 Å². The number of benzene rings is 2. The zero-order valence-corrected chi connectivity index (χ0v) is 17.1. The second kappa shape index (κ2) is 8.10. The molecule has 30 heavy (non-hydrogen) atoms. The van der Waals surface area contributed by atoms with Crippen LogP contribution in [-0.2, 0) is 13.0 Å². The molecule has 7 heteroatoms. The van der Waals surface area contributed by atoms with E-state index in [1.165, 1.54) is 6.07 Å². The third kappa shape index (κ3) is 4.25. The van der Waals surface area contributed by atoms with Crippen molar-refractivity contribution in [3.8, 4) is 0 Å². The van der Waals surface area contributed by atoms with E-state index in [-0.39, 0.29) is 24.2 Å². The molecule has 0 saturated heterocycles. The van der Waals surface area contributed by atoms with Gasteiger partial charge in [0, 0.05) is 17.3 Å². The fraction of sp³-hybridized carbons (Fsp3) is 0.261. The first-order chi connectivity index (χ1) is 14.4. The largest absolute Gasteiger partial charge is 0.440 e. The van der Waals surface area contributed by atoms with Gasteiger partial charge in [0.25, 0.3) is 5.91 Å². The number of hydrogen-bond donors (Lipinski definition) is 1. The molecule has 2 aromatic heterocycles. The van der Waals surface area contributed by atoms with E-state index in [1.807, 2.05) is 31.5 Å². The average molecular weight is 406 g/mol. The van der Waals surface area contributed by atoms with Crippen molar-refractivity contribution in [3.63, 3.8) is 0 Å². The van der Waals surface area contributed by atoms with E-state index < -0.39 is 0 Å². The fourth-order valence-electron chi connectivity index (χ4n) is 3.47. The van der Waals surface area contributed by atoms with Gasteiger partial charge in [0.2, 0.25) is 0 Å². The number of hydrogen-bond acceptors (Lipinski definition) is 4. The van der Waals surface area contributed by atoms with Gasteiger partial charge in [-0.2, -0.15) is 5.10 Å². The highest BCUT2D eigenvalue weighted by atomic mass is 19.1. The minimum Gasteiger partial charge on any atom is -0.440 e. The van der Waals surface area contributed by atoms with E-state index in [0.29, 0.717) is 34.7 Å². The lowest BCUT2D eigenvalue weighted by molar-refractivity contribution is 0.0936. The first-order valence-corrected chi connectivity index (χ1v) is 9.84. The van der Waals surface area contributed by atoms with Crippen LogP contribution in [-0.4, -0.2) is 26.7 Å². The minimum absolute atomic E-state index is 0.0995. The molecule has 0 spiro atoms.